The highest BCUT2D eigenvalue weighted by atomic mass is 32.2. The molecule has 256 valence electrons. The summed E-state index contributed by atoms with van der Waals surface area (Å²) in [5.74, 6) is 1.76. The van der Waals surface area contributed by atoms with Gasteiger partial charge in [0.2, 0.25) is 5.95 Å². The number of imidazole rings is 1. The molecule has 0 spiro atoms. The second kappa shape index (κ2) is 14.7. The second-order valence-corrected chi connectivity index (χ2v) is 14.6. The van der Waals surface area contributed by atoms with Crippen LogP contribution >= 0.6 is 35.2 Å². The van der Waals surface area contributed by atoms with Crippen molar-refractivity contribution in [3.05, 3.63) is 34.4 Å². The summed E-state index contributed by atoms with van der Waals surface area (Å²) in [5, 5.41) is 0. The van der Waals surface area contributed by atoms with Crippen molar-refractivity contribution in [3.8, 4) is 17.2 Å². The number of thioether (sulfide) groups is 1. The molecule has 1 fully saturated rings. The van der Waals surface area contributed by atoms with Crippen LogP contribution in [0.2, 0.25) is 0 Å². The van der Waals surface area contributed by atoms with Crippen LogP contribution in [-0.2, 0) is 42.1 Å². The first kappa shape index (κ1) is 36.3. The Morgan fingerprint density at radius 3 is 2.35 bits per heavy atom. The minimum atomic E-state index is -5.74. The maximum Gasteiger partial charge on any atom is 0.490 e. The highest BCUT2D eigenvalue weighted by molar-refractivity contribution is 7.98. The number of phosphoric acid groups is 3. The van der Waals surface area contributed by atoms with Crippen molar-refractivity contribution in [1.82, 2.24) is 19.5 Å². The predicted molar refractivity (Wildman–Crippen MR) is 158 cm³/mol. The molecule has 1 aliphatic heterocycles. The zero-order valence-corrected chi connectivity index (χ0v) is 27.6. The number of phosphoric ester groups is 1. The molecular weight excluding hydrogens is 703 g/mol. The minimum absolute atomic E-state index is 0.0371. The van der Waals surface area contributed by atoms with E-state index in [2.05, 4.69) is 23.6 Å². The Bertz CT molecular complexity index is 1720. The topological polar surface area (TPSA) is 296 Å². The van der Waals surface area contributed by atoms with Gasteiger partial charge in [0.25, 0.3) is 5.56 Å². The van der Waals surface area contributed by atoms with Gasteiger partial charge >= 0.3 is 23.5 Å². The molecule has 4 rings (SSSR count). The summed E-state index contributed by atoms with van der Waals surface area (Å²) in [6.45, 7) is -0.779. The first-order chi connectivity index (χ1) is 21.5. The van der Waals surface area contributed by atoms with Gasteiger partial charge in [-0.25, -0.2) is 18.7 Å². The Kier molecular flexibility index (Phi) is 11.6. The molecule has 3 heterocycles. The molecule has 0 aliphatic carbocycles. The van der Waals surface area contributed by atoms with Crippen LogP contribution in [0.1, 0.15) is 18.2 Å². The lowest BCUT2D eigenvalue weighted by Crippen LogP contribution is -2.29. The largest absolute Gasteiger partial charge is 0.496 e. The molecule has 21 nitrogen and oxygen atoms in total. The van der Waals surface area contributed by atoms with Gasteiger partial charge in [0.05, 0.1) is 46.3 Å². The number of nitrogens with two attached hydrogens (primary N) is 1. The number of aromatic amines is 1. The van der Waals surface area contributed by atoms with Crippen LogP contribution in [0.3, 0.4) is 0 Å². The van der Waals surface area contributed by atoms with Gasteiger partial charge in [-0.2, -0.15) is 13.6 Å². The number of hydrogen-bond donors (Lipinski definition) is 6. The van der Waals surface area contributed by atoms with Crippen LogP contribution in [0.4, 0.5) is 5.95 Å². The molecular formula is C21H30N5O16P3S. The van der Waals surface area contributed by atoms with Crippen molar-refractivity contribution < 1.29 is 70.1 Å². The van der Waals surface area contributed by atoms with Crippen molar-refractivity contribution >= 4 is 52.3 Å². The summed E-state index contributed by atoms with van der Waals surface area (Å²) in [6.07, 6.45) is -1.57. The van der Waals surface area contributed by atoms with Gasteiger partial charge < -0.3 is 49.0 Å². The Labute approximate surface area is 263 Å². The van der Waals surface area contributed by atoms with Crippen molar-refractivity contribution in [2.24, 2.45) is 0 Å². The number of nitrogens with one attached hydrogen (secondary N) is 1. The van der Waals surface area contributed by atoms with Gasteiger partial charge in [-0.05, 0) is 0 Å². The highest BCUT2D eigenvalue weighted by Gasteiger charge is 2.43. The average Bonchev–Trinajstić information content (AvgIpc) is 3.56. The third-order valence-electron chi connectivity index (χ3n) is 6.19. The fourth-order valence-corrected chi connectivity index (χ4v) is 8.19. The van der Waals surface area contributed by atoms with E-state index >= 15 is 0 Å². The first-order valence-corrected chi connectivity index (χ1v) is 18.4. The number of rotatable bonds is 16. The first-order valence-electron chi connectivity index (χ1n) is 12.7. The summed E-state index contributed by atoms with van der Waals surface area (Å²) < 4.78 is 76.9. The molecule has 0 amide bonds. The lowest BCUT2D eigenvalue weighted by Gasteiger charge is -2.21. The van der Waals surface area contributed by atoms with Crippen molar-refractivity contribution in [2.45, 2.75) is 30.6 Å². The van der Waals surface area contributed by atoms with Crippen LogP contribution in [0.25, 0.3) is 11.2 Å². The Morgan fingerprint density at radius 1 is 1.07 bits per heavy atom. The molecule has 25 heteroatoms. The normalized spacial score (nSPS) is 21.2. The quantitative estimate of drug-likeness (QED) is 0.0692. The third kappa shape index (κ3) is 9.29. The number of H-pyrrole nitrogens is 1. The predicted octanol–water partition coefficient (Wildman–Crippen LogP) is 1.63. The lowest BCUT2D eigenvalue weighted by molar-refractivity contribution is -0.0523. The molecule has 3 aromatic rings. The molecule has 5 atom stereocenters. The van der Waals surface area contributed by atoms with E-state index in [1.165, 1.54) is 44.0 Å². The SMILES string of the molecule is COc1cc(OC)c(CSCOC2C[C@H](n3cnc4c(=O)[nH]c(N)nc43)O[C@@H]2COP(=O)(O)OP(=O)(O)OP(=O)(O)O)c(OC)c1. The van der Waals surface area contributed by atoms with Crippen LogP contribution < -0.4 is 25.5 Å². The fraction of sp³-hybridized carbons (Fsp3) is 0.476. The van der Waals surface area contributed by atoms with E-state index in [9.17, 15) is 28.3 Å². The van der Waals surface area contributed by atoms with Crippen LogP contribution in [0, 0.1) is 0 Å². The molecule has 1 aromatic carbocycles. The summed E-state index contributed by atoms with van der Waals surface area (Å²) >= 11 is 1.31. The monoisotopic (exact) mass is 733 g/mol. The molecule has 1 saturated heterocycles. The van der Waals surface area contributed by atoms with E-state index < -0.39 is 54.1 Å². The van der Waals surface area contributed by atoms with Gasteiger partial charge in [-0.15, -0.1) is 11.8 Å². The number of benzene rings is 1. The Hall–Kier alpha value is -2.55. The lowest BCUT2D eigenvalue weighted by atomic mass is 10.2. The van der Waals surface area contributed by atoms with Crippen LogP contribution in [0.5, 0.6) is 17.2 Å². The zero-order chi connectivity index (χ0) is 33.9. The molecule has 2 aromatic heterocycles. The Morgan fingerprint density at radius 2 is 1.74 bits per heavy atom. The van der Waals surface area contributed by atoms with E-state index in [1.807, 2.05) is 0 Å². The van der Waals surface area contributed by atoms with Gasteiger partial charge in [0.1, 0.15) is 29.6 Å². The standard InChI is InChI=1S/C21H30N5O16P3S/c1-35-11-4-13(36-2)12(14(5-11)37-3)8-46-10-38-15-6-17(26-9-23-18-19(26)24-21(22)25-20(18)27)40-16(15)7-39-44(31,32)42-45(33,34)41-43(28,29)30/h4-5,9,15-17H,6-8,10H2,1-3H3,(H,31,32)(H,33,34)(H2,28,29,30)(H3,22,24,25,27)/t15?,16-,17-/m1/s1. The average molecular weight is 733 g/mol. The second-order valence-electron chi connectivity index (χ2n) is 9.21. The van der Waals surface area contributed by atoms with Gasteiger partial charge in [-0.3, -0.25) is 18.9 Å². The number of nitrogens with zero attached hydrogens (tertiary/aromatic N) is 3. The maximum atomic E-state index is 12.4. The van der Waals surface area contributed by atoms with E-state index in [0.29, 0.717) is 28.6 Å². The summed E-state index contributed by atoms with van der Waals surface area (Å²) in [5.41, 5.74) is 5.83. The Balaban J connectivity index is 1.49. The van der Waals surface area contributed by atoms with E-state index in [1.54, 1.807) is 12.1 Å². The van der Waals surface area contributed by atoms with E-state index in [-0.39, 0.29) is 29.5 Å². The molecule has 1 aliphatic rings. The number of hydrogen-bond acceptors (Lipinski definition) is 16. The van der Waals surface area contributed by atoms with Gasteiger partial charge in [0.15, 0.2) is 11.2 Å². The number of ether oxygens (including phenoxy) is 5. The summed E-state index contributed by atoms with van der Waals surface area (Å²) in [4.78, 5) is 59.6. The summed E-state index contributed by atoms with van der Waals surface area (Å²) in [6, 6.07) is 3.38. The molecule has 0 saturated carbocycles. The van der Waals surface area contributed by atoms with Crippen molar-refractivity contribution in [3.63, 3.8) is 0 Å². The van der Waals surface area contributed by atoms with Crippen LogP contribution in [-0.4, -0.2) is 85.2 Å². The van der Waals surface area contributed by atoms with E-state index in [0.717, 1.165) is 0 Å². The van der Waals surface area contributed by atoms with Crippen molar-refractivity contribution in [1.29, 1.82) is 0 Å². The molecule has 3 unspecified atom stereocenters. The number of nitrogen functional groups attached to an aromatic ring is 1. The highest BCUT2D eigenvalue weighted by Crippen LogP contribution is 2.66. The summed E-state index contributed by atoms with van der Waals surface area (Å²) in [7, 11) is -12.3. The van der Waals surface area contributed by atoms with Gasteiger partial charge in [-0.1, -0.05) is 0 Å². The number of aromatic nitrogens is 4. The molecule has 0 radical (unpaired) electrons. The third-order valence-corrected chi connectivity index (χ3v) is 10.8. The molecule has 0 bridgehead atoms. The number of fused-ring (bicyclic) bond motifs is 1. The zero-order valence-electron chi connectivity index (χ0n) is 24.1. The van der Waals surface area contributed by atoms with Crippen LogP contribution in [0.15, 0.2) is 23.3 Å². The fourth-order valence-electron chi connectivity index (χ4n) is 4.32. The number of methoxy groups -OCH3 is 3. The van der Waals surface area contributed by atoms with Crippen molar-refractivity contribution in [2.75, 3.05) is 39.6 Å². The number of anilines is 1. The minimum Gasteiger partial charge on any atom is -0.496 e. The molecule has 46 heavy (non-hydrogen) atoms. The maximum absolute atomic E-state index is 12.4. The van der Waals surface area contributed by atoms with Gasteiger partial charge in [0, 0.05) is 29.9 Å². The molecule has 7 N–H and O–H groups in total. The smallest absolute Gasteiger partial charge is 0.490 e. The van der Waals surface area contributed by atoms with E-state index in [4.69, 9.17) is 43.7 Å².